The van der Waals surface area contributed by atoms with Crippen molar-refractivity contribution in [2.45, 2.75) is 0 Å². The molecule has 0 bridgehead atoms. The summed E-state index contributed by atoms with van der Waals surface area (Å²) in [5, 5.41) is 3.58. The van der Waals surface area contributed by atoms with Crippen LogP contribution >= 0.6 is 13.5 Å². The molecule has 2 nitrogen and oxygen atoms in total. The van der Waals surface area contributed by atoms with E-state index in [0.717, 1.165) is 21.2 Å². The van der Waals surface area contributed by atoms with E-state index in [1.165, 1.54) is 0 Å². The first kappa shape index (κ1) is 20.0. The Balaban J connectivity index is 2.06. The van der Waals surface area contributed by atoms with Crippen LogP contribution in [-0.2, 0) is 11.8 Å². The summed E-state index contributed by atoms with van der Waals surface area (Å²) >= 11 is 6.30. The van der Waals surface area contributed by atoms with Crippen molar-refractivity contribution in [1.29, 1.82) is 0 Å². The van der Waals surface area contributed by atoms with E-state index >= 15 is 0 Å². The Morgan fingerprint density at radius 2 is 0.759 bits per heavy atom. The lowest BCUT2D eigenvalue weighted by Crippen LogP contribution is -2.19. The molecule has 5 heteroatoms. The fourth-order valence-corrected chi connectivity index (χ4v) is 10.9. The van der Waals surface area contributed by atoms with Crippen LogP contribution < -0.4 is 21.2 Å². The second kappa shape index (κ2) is 8.61. The van der Waals surface area contributed by atoms with E-state index in [9.17, 15) is 4.89 Å². The van der Waals surface area contributed by atoms with Crippen molar-refractivity contribution in [3.8, 4) is 0 Å². The number of hydrogen-bond donors (Lipinski definition) is 1. The summed E-state index contributed by atoms with van der Waals surface area (Å²) in [7, 11) is -3.06. The van der Waals surface area contributed by atoms with Gasteiger partial charge in [-0.15, -0.1) is 0 Å². The van der Waals surface area contributed by atoms with Crippen LogP contribution in [0.15, 0.2) is 126 Å². The number of rotatable bonds is 5. The Hall–Kier alpha value is -2.28. The summed E-state index contributed by atoms with van der Waals surface area (Å²) in [6.45, 7) is 0. The molecule has 4 aromatic rings. The lowest BCUT2D eigenvalue weighted by molar-refractivity contribution is 0.635. The number of benzene rings is 4. The van der Waals surface area contributed by atoms with Crippen molar-refractivity contribution in [2.75, 3.05) is 0 Å². The van der Waals surface area contributed by atoms with Gasteiger partial charge in [0.1, 0.15) is 13.5 Å². The van der Waals surface area contributed by atoms with Gasteiger partial charge in [0.05, 0.1) is 0 Å². The van der Waals surface area contributed by atoms with Gasteiger partial charge < -0.3 is 4.89 Å². The highest BCUT2D eigenvalue weighted by Gasteiger charge is 2.29. The van der Waals surface area contributed by atoms with E-state index in [4.69, 9.17) is 16.3 Å². The minimum Gasteiger partial charge on any atom is -0.353 e. The first-order valence-electron chi connectivity index (χ1n) is 9.32. The van der Waals surface area contributed by atoms with Crippen molar-refractivity contribution in [3.05, 3.63) is 121 Å². The number of hydrogen-bond acceptors (Lipinski definition) is 1. The highest BCUT2D eigenvalue weighted by Crippen LogP contribution is 2.57. The van der Waals surface area contributed by atoms with Crippen LogP contribution in [-0.4, -0.2) is 4.89 Å². The fraction of sp³-hybridized carbons (Fsp3) is 0. The average molecular weight is 433 g/mol. The number of nitrogens with zero attached hydrogens (tertiary/aromatic N) is 1. The van der Waals surface area contributed by atoms with Gasteiger partial charge in [-0.2, -0.15) is 0 Å². The summed E-state index contributed by atoms with van der Waals surface area (Å²) < 4.78 is 5.21. The van der Waals surface area contributed by atoms with Gasteiger partial charge in [-0.1, -0.05) is 133 Å². The van der Waals surface area contributed by atoms with E-state index in [-0.39, 0.29) is 0 Å². The van der Waals surface area contributed by atoms with Crippen molar-refractivity contribution < 1.29 is 4.89 Å². The predicted octanol–water partition coefficient (Wildman–Crippen LogP) is 4.79. The normalized spacial score (nSPS) is 11.8. The first-order chi connectivity index (χ1) is 14.1. The van der Waals surface area contributed by atoms with Crippen LogP contribution in [0.3, 0.4) is 0 Å². The highest BCUT2D eigenvalue weighted by molar-refractivity contribution is 8.22. The zero-order valence-electron chi connectivity index (χ0n) is 15.7. The molecule has 0 saturated heterocycles. The third-order valence-corrected chi connectivity index (χ3v) is 12.7. The SMILES string of the molecule is OP(=NP(=S)(c1ccccc1)c1ccccc1)(c1ccccc1)c1ccccc1. The van der Waals surface area contributed by atoms with E-state index < -0.39 is 13.5 Å². The molecule has 0 saturated carbocycles. The van der Waals surface area contributed by atoms with Crippen LogP contribution in [0.5, 0.6) is 0 Å². The lowest BCUT2D eigenvalue weighted by Gasteiger charge is -2.26. The minimum atomic E-state index is -3.06. The first-order valence-corrected chi connectivity index (χ1v) is 13.8. The molecule has 0 amide bonds. The molecule has 0 aliphatic rings. The Morgan fingerprint density at radius 3 is 1.07 bits per heavy atom. The van der Waals surface area contributed by atoms with Crippen molar-refractivity contribution >= 4 is 46.5 Å². The van der Waals surface area contributed by atoms with E-state index in [0.29, 0.717) is 0 Å². The maximum Gasteiger partial charge on any atom is 0.146 e. The fourth-order valence-electron chi connectivity index (χ4n) is 3.22. The summed E-state index contributed by atoms with van der Waals surface area (Å²) in [5.74, 6) is 0. The molecule has 0 heterocycles. The predicted molar refractivity (Wildman–Crippen MR) is 130 cm³/mol. The molecule has 4 aromatic carbocycles. The summed E-state index contributed by atoms with van der Waals surface area (Å²) in [5.41, 5.74) is 0. The smallest absolute Gasteiger partial charge is 0.146 e. The largest absolute Gasteiger partial charge is 0.353 e. The molecule has 29 heavy (non-hydrogen) atoms. The summed E-state index contributed by atoms with van der Waals surface area (Å²) in [6, 6.07) is 39.4. The van der Waals surface area contributed by atoms with Gasteiger partial charge in [0.15, 0.2) is 0 Å². The molecule has 1 N–H and O–H groups in total. The van der Waals surface area contributed by atoms with Crippen molar-refractivity contribution in [2.24, 2.45) is 4.52 Å². The highest BCUT2D eigenvalue weighted by atomic mass is 32.4. The van der Waals surface area contributed by atoms with Gasteiger partial charge in [0, 0.05) is 21.2 Å². The zero-order chi connectivity index (χ0) is 20.2. The second-order valence-electron chi connectivity index (χ2n) is 6.61. The van der Waals surface area contributed by atoms with Gasteiger partial charge in [-0.3, -0.25) is 0 Å². The second-order valence-corrected chi connectivity index (χ2v) is 13.3. The Kier molecular flexibility index (Phi) is 5.94. The van der Waals surface area contributed by atoms with Crippen LogP contribution in [0.1, 0.15) is 0 Å². The maximum atomic E-state index is 12.1. The molecule has 144 valence electrons. The Morgan fingerprint density at radius 1 is 0.483 bits per heavy atom. The molecule has 0 aliphatic heterocycles. The zero-order valence-corrected chi connectivity index (χ0v) is 18.3. The lowest BCUT2D eigenvalue weighted by atomic mass is 10.4. The van der Waals surface area contributed by atoms with Crippen LogP contribution in [0.4, 0.5) is 0 Å². The molecule has 0 atom stereocenters. The molecular formula is C24H21NOP2S. The van der Waals surface area contributed by atoms with Gasteiger partial charge in [-0.05, 0) is 0 Å². The van der Waals surface area contributed by atoms with Gasteiger partial charge >= 0.3 is 0 Å². The average Bonchev–Trinajstić information content (AvgIpc) is 2.81. The van der Waals surface area contributed by atoms with Crippen LogP contribution in [0.25, 0.3) is 0 Å². The maximum absolute atomic E-state index is 12.1. The van der Waals surface area contributed by atoms with Crippen LogP contribution in [0.2, 0.25) is 0 Å². The Labute approximate surface area is 177 Å². The van der Waals surface area contributed by atoms with E-state index in [2.05, 4.69) is 0 Å². The molecule has 0 aliphatic carbocycles. The third kappa shape index (κ3) is 4.06. The standard InChI is InChI=1S/C24H21NOP2S/c26-27(21-13-5-1-6-14-21,22-15-7-2-8-16-22)25-28(29,23-17-9-3-10-18-23)24-19-11-4-12-20-24/h1-20,26H. The third-order valence-electron chi connectivity index (χ3n) is 4.70. The molecule has 0 unspecified atom stereocenters. The quantitative estimate of drug-likeness (QED) is 0.459. The molecule has 0 radical (unpaired) electrons. The molecule has 0 aromatic heterocycles. The van der Waals surface area contributed by atoms with E-state index in [1.54, 1.807) is 0 Å². The minimum absolute atomic E-state index is 0.812. The van der Waals surface area contributed by atoms with Gasteiger partial charge in [-0.25, -0.2) is 4.52 Å². The van der Waals surface area contributed by atoms with E-state index in [1.807, 2.05) is 121 Å². The Bertz CT molecular complexity index is 1090. The summed E-state index contributed by atoms with van der Waals surface area (Å²) in [6.07, 6.45) is -2.62. The summed E-state index contributed by atoms with van der Waals surface area (Å²) in [4.78, 5) is 12.1. The van der Waals surface area contributed by atoms with Gasteiger partial charge in [0.2, 0.25) is 0 Å². The molecular weight excluding hydrogens is 412 g/mol. The topological polar surface area (TPSA) is 32.6 Å². The molecule has 0 spiro atoms. The van der Waals surface area contributed by atoms with Crippen LogP contribution in [0, 0.1) is 0 Å². The molecule has 0 fully saturated rings. The van der Waals surface area contributed by atoms with Gasteiger partial charge in [0.25, 0.3) is 0 Å². The molecule has 4 rings (SSSR count). The van der Waals surface area contributed by atoms with Crippen molar-refractivity contribution in [3.63, 3.8) is 0 Å². The van der Waals surface area contributed by atoms with Crippen molar-refractivity contribution in [1.82, 2.24) is 0 Å². The monoisotopic (exact) mass is 433 g/mol.